The molecule has 0 saturated carbocycles. The molecule has 0 fully saturated rings. The summed E-state index contributed by atoms with van der Waals surface area (Å²) in [5.74, 6) is 0.817. The molecule has 126 valence electrons. The molecule has 1 aromatic carbocycles. The second kappa shape index (κ2) is 6.94. The van der Waals surface area contributed by atoms with Gasteiger partial charge in [-0.05, 0) is 17.7 Å². The van der Waals surface area contributed by atoms with Crippen molar-refractivity contribution in [3.8, 4) is 0 Å². The van der Waals surface area contributed by atoms with Crippen molar-refractivity contribution < 1.29 is 8.42 Å². The normalized spacial score (nSPS) is 12.3. The maximum Gasteiger partial charge on any atom is 0.240 e. The van der Waals surface area contributed by atoms with Gasteiger partial charge in [-0.3, -0.25) is 0 Å². The minimum Gasteiger partial charge on any atom is -0.356 e. The number of anilines is 1. The average molecular weight is 355 g/mol. The minimum atomic E-state index is -3.40. The molecule has 23 heavy (non-hydrogen) atoms. The van der Waals surface area contributed by atoms with Gasteiger partial charge in [0.05, 0.1) is 4.90 Å². The third-order valence-corrected chi connectivity index (χ3v) is 5.34. The van der Waals surface area contributed by atoms with Gasteiger partial charge in [-0.2, -0.15) is 4.37 Å². The summed E-state index contributed by atoms with van der Waals surface area (Å²) in [5.41, 5.74) is 0.909. The van der Waals surface area contributed by atoms with Gasteiger partial charge < -0.3 is 5.32 Å². The van der Waals surface area contributed by atoms with Crippen LogP contribution >= 0.6 is 11.5 Å². The van der Waals surface area contributed by atoms with Gasteiger partial charge in [-0.1, -0.05) is 39.8 Å². The lowest BCUT2D eigenvalue weighted by molar-refractivity contribution is 0.555. The number of rotatable bonds is 6. The molecule has 1 aromatic heterocycles. The summed E-state index contributed by atoms with van der Waals surface area (Å²) in [7, 11) is -3.40. The fourth-order valence-corrected chi connectivity index (χ4v) is 3.63. The van der Waals surface area contributed by atoms with Crippen molar-refractivity contribution >= 4 is 26.7 Å². The van der Waals surface area contributed by atoms with Gasteiger partial charge in [-0.25, -0.2) is 18.1 Å². The number of benzene rings is 1. The van der Waals surface area contributed by atoms with E-state index in [9.17, 15) is 8.42 Å². The predicted molar refractivity (Wildman–Crippen MR) is 93.2 cm³/mol. The van der Waals surface area contributed by atoms with Gasteiger partial charge in [0, 0.05) is 30.0 Å². The van der Waals surface area contributed by atoms with Gasteiger partial charge in [0.15, 0.2) is 0 Å². The van der Waals surface area contributed by atoms with Crippen LogP contribution in [0, 0.1) is 0 Å². The minimum absolute atomic E-state index is 0.0707. The Labute approximate surface area is 141 Å². The topological polar surface area (TPSA) is 84.0 Å². The van der Waals surface area contributed by atoms with E-state index in [-0.39, 0.29) is 10.3 Å². The van der Waals surface area contributed by atoms with Crippen molar-refractivity contribution in [3.05, 3.63) is 35.7 Å². The fraction of sp³-hybridized carbons (Fsp3) is 0.467. The van der Waals surface area contributed by atoms with Crippen molar-refractivity contribution in [3.63, 3.8) is 0 Å². The zero-order valence-corrected chi connectivity index (χ0v) is 15.4. The Bertz CT molecular complexity index is 747. The van der Waals surface area contributed by atoms with Crippen molar-refractivity contribution in [1.29, 1.82) is 0 Å². The molecule has 6 nitrogen and oxygen atoms in total. The molecule has 0 bridgehead atoms. The van der Waals surface area contributed by atoms with E-state index in [1.165, 1.54) is 11.5 Å². The van der Waals surface area contributed by atoms with Crippen LogP contribution in [0.3, 0.4) is 0 Å². The Balaban J connectivity index is 2.01. The van der Waals surface area contributed by atoms with Crippen LogP contribution in [-0.4, -0.2) is 24.3 Å². The second-order valence-corrected chi connectivity index (χ2v) is 8.69. The molecule has 2 aromatic rings. The SMILES string of the molecule is CCNS(=O)(=O)c1ccc(CNc2nc(C(C)(C)C)ns2)cc1. The highest BCUT2D eigenvalue weighted by Crippen LogP contribution is 2.23. The molecule has 0 amide bonds. The van der Waals surface area contributed by atoms with E-state index in [0.29, 0.717) is 13.1 Å². The van der Waals surface area contributed by atoms with Crippen LogP contribution in [0.2, 0.25) is 0 Å². The summed E-state index contributed by atoms with van der Waals surface area (Å²) in [5, 5.41) is 3.98. The van der Waals surface area contributed by atoms with E-state index in [1.54, 1.807) is 31.2 Å². The molecule has 0 unspecified atom stereocenters. The van der Waals surface area contributed by atoms with E-state index in [2.05, 4.69) is 40.2 Å². The maximum absolute atomic E-state index is 11.9. The first-order valence-electron chi connectivity index (χ1n) is 7.39. The summed E-state index contributed by atoms with van der Waals surface area (Å²) < 4.78 is 30.6. The van der Waals surface area contributed by atoms with E-state index in [0.717, 1.165) is 16.5 Å². The van der Waals surface area contributed by atoms with Gasteiger partial charge in [0.2, 0.25) is 15.2 Å². The first-order chi connectivity index (χ1) is 10.7. The molecular formula is C15H22N4O2S2. The lowest BCUT2D eigenvalue weighted by Gasteiger charge is -2.12. The summed E-state index contributed by atoms with van der Waals surface area (Å²) in [6.45, 7) is 8.91. The Morgan fingerprint density at radius 1 is 1.17 bits per heavy atom. The zero-order chi connectivity index (χ0) is 17.1. The zero-order valence-electron chi connectivity index (χ0n) is 13.8. The Morgan fingerprint density at radius 3 is 2.35 bits per heavy atom. The monoisotopic (exact) mass is 354 g/mol. The van der Waals surface area contributed by atoms with Crippen LogP contribution in [0.1, 0.15) is 39.1 Å². The summed E-state index contributed by atoms with van der Waals surface area (Å²) >= 11 is 1.33. The van der Waals surface area contributed by atoms with Crippen molar-refractivity contribution in [2.45, 2.75) is 44.6 Å². The van der Waals surface area contributed by atoms with Crippen molar-refractivity contribution in [2.75, 3.05) is 11.9 Å². The van der Waals surface area contributed by atoms with E-state index >= 15 is 0 Å². The quantitative estimate of drug-likeness (QED) is 0.833. The molecule has 1 heterocycles. The molecule has 0 saturated heterocycles. The van der Waals surface area contributed by atoms with Crippen LogP contribution in [0.5, 0.6) is 0 Å². The lowest BCUT2D eigenvalue weighted by atomic mass is 9.96. The first kappa shape index (κ1) is 17.8. The molecule has 0 aliphatic heterocycles. The summed E-state index contributed by atoms with van der Waals surface area (Å²) in [6.07, 6.45) is 0. The molecule has 2 rings (SSSR count). The molecular weight excluding hydrogens is 332 g/mol. The highest BCUT2D eigenvalue weighted by atomic mass is 32.2. The number of nitrogens with one attached hydrogen (secondary N) is 2. The largest absolute Gasteiger partial charge is 0.356 e. The van der Waals surface area contributed by atoms with Gasteiger partial charge in [0.1, 0.15) is 5.82 Å². The van der Waals surface area contributed by atoms with Gasteiger partial charge in [-0.15, -0.1) is 0 Å². The second-order valence-electron chi connectivity index (χ2n) is 6.17. The number of hydrogen-bond acceptors (Lipinski definition) is 6. The highest BCUT2D eigenvalue weighted by Gasteiger charge is 2.19. The third-order valence-electron chi connectivity index (χ3n) is 3.11. The molecule has 0 aliphatic carbocycles. The number of aromatic nitrogens is 2. The fourth-order valence-electron chi connectivity index (χ4n) is 1.84. The van der Waals surface area contributed by atoms with Gasteiger partial charge in [0.25, 0.3) is 0 Å². The number of nitrogens with zero attached hydrogens (tertiary/aromatic N) is 2. The Morgan fingerprint density at radius 2 is 1.83 bits per heavy atom. The Kier molecular flexibility index (Phi) is 5.38. The van der Waals surface area contributed by atoms with Crippen molar-refractivity contribution in [1.82, 2.24) is 14.1 Å². The van der Waals surface area contributed by atoms with Gasteiger partial charge >= 0.3 is 0 Å². The summed E-state index contributed by atoms with van der Waals surface area (Å²) in [6, 6.07) is 6.80. The number of hydrogen-bond donors (Lipinski definition) is 2. The van der Waals surface area contributed by atoms with E-state index < -0.39 is 10.0 Å². The first-order valence-corrected chi connectivity index (χ1v) is 9.64. The molecule has 0 radical (unpaired) electrons. The van der Waals surface area contributed by atoms with E-state index in [4.69, 9.17) is 0 Å². The van der Waals surface area contributed by atoms with E-state index in [1.807, 2.05) is 0 Å². The average Bonchev–Trinajstić information content (AvgIpc) is 2.94. The molecule has 8 heteroatoms. The Hall–Kier alpha value is -1.51. The third kappa shape index (κ3) is 4.73. The maximum atomic E-state index is 11.9. The van der Waals surface area contributed by atoms with Crippen LogP contribution in [0.15, 0.2) is 29.2 Å². The molecule has 0 atom stereocenters. The highest BCUT2D eigenvalue weighted by molar-refractivity contribution is 7.89. The predicted octanol–water partition coefficient (Wildman–Crippen LogP) is 2.75. The van der Waals surface area contributed by atoms with Crippen LogP contribution in [-0.2, 0) is 22.0 Å². The molecule has 2 N–H and O–H groups in total. The van der Waals surface area contributed by atoms with Crippen LogP contribution in [0.25, 0.3) is 0 Å². The molecule has 0 spiro atoms. The van der Waals surface area contributed by atoms with Crippen molar-refractivity contribution in [2.24, 2.45) is 0 Å². The number of sulfonamides is 1. The standard InChI is InChI=1S/C15H22N4O2S2/c1-5-17-23(20,21)12-8-6-11(7-9-12)10-16-14-18-13(19-22-14)15(2,3)4/h6-9,17H,5,10H2,1-4H3,(H,16,18,19). The lowest BCUT2D eigenvalue weighted by Crippen LogP contribution is -2.23. The molecule has 0 aliphatic rings. The summed E-state index contributed by atoms with van der Waals surface area (Å²) in [4.78, 5) is 4.74. The smallest absolute Gasteiger partial charge is 0.240 e. The van der Waals surface area contributed by atoms with Crippen LogP contribution < -0.4 is 10.0 Å². The van der Waals surface area contributed by atoms with Crippen LogP contribution in [0.4, 0.5) is 5.13 Å².